The van der Waals surface area contributed by atoms with Crippen molar-refractivity contribution in [3.8, 4) is 11.8 Å². The number of hydrogen-bond acceptors (Lipinski definition) is 5. The maximum atomic E-state index is 11.4. The lowest BCUT2D eigenvalue weighted by atomic mass is 10.2. The Kier molecular flexibility index (Phi) is 6.40. The van der Waals surface area contributed by atoms with Gasteiger partial charge in [-0.15, -0.1) is 11.8 Å². The molecule has 0 bridgehead atoms. The average molecular weight is 293 g/mol. The fourth-order valence-corrected chi connectivity index (χ4v) is 1.94. The molecule has 0 amide bonds. The first-order chi connectivity index (χ1) is 9.40. The topological polar surface area (TPSA) is 59.3 Å². The quantitative estimate of drug-likeness (QED) is 0.596. The van der Waals surface area contributed by atoms with Crippen molar-refractivity contribution in [3.05, 3.63) is 29.8 Å². The van der Waals surface area contributed by atoms with Gasteiger partial charge in [0.05, 0.1) is 24.0 Å². The molecule has 108 valence electrons. The molecule has 0 atom stereocenters. The Bertz CT molecular complexity index is 471. The fourth-order valence-electron chi connectivity index (χ4n) is 1.37. The van der Waals surface area contributed by atoms with E-state index in [0.29, 0.717) is 23.7 Å². The van der Waals surface area contributed by atoms with Crippen molar-refractivity contribution < 1.29 is 14.3 Å². The van der Waals surface area contributed by atoms with Gasteiger partial charge in [-0.1, -0.05) is 0 Å². The molecule has 4 nitrogen and oxygen atoms in total. The van der Waals surface area contributed by atoms with E-state index in [1.165, 1.54) is 11.8 Å². The summed E-state index contributed by atoms with van der Waals surface area (Å²) >= 11 is 1.48. The molecule has 20 heavy (non-hydrogen) atoms. The van der Waals surface area contributed by atoms with Crippen molar-refractivity contribution >= 4 is 17.7 Å². The van der Waals surface area contributed by atoms with E-state index >= 15 is 0 Å². The van der Waals surface area contributed by atoms with E-state index in [2.05, 4.69) is 6.07 Å². The van der Waals surface area contributed by atoms with Gasteiger partial charge in [0.15, 0.2) is 0 Å². The lowest BCUT2D eigenvalue weighted by Gasteiger charge is -2.19. The van der Waals surface area contributed by atoms with Crippen LogP contribution in [0.2, 0.25) is 0 Å². The van der Waals surface area contributed by atoms with Crippen LogP contribution in [0.3, 0.4) is 0 Å². The molecule has 0 aliphatic heterocycles. The number of ether oxygens (including phenoxy) is 2. The molecule has 0 unspecified atom stereocenters. The minimum atomic E-state index is -0.434. The van der Waals surface area contributed by atoms with Crippen LogP contribution in [-0.2, 0) is 9.53 Å². The molecule has 5 heteroatoms. The minimum Gasteiger partial charge on any atom is -0.493 e. The second kappa shape index (κ2) is 7.81. The summed E-state index contributed by atoms with van der Waals surface area (Å²) in [6.45, 7) is 6.07. The van der Waals surface area contributed by atoms with E-state index in [-0.39, 0.29) is 5.97 Å². The van der Waals surface area contributed by atoms with Gasteiger partial charge >= 0.3 is 5.97 Å². The van der Waals surface area contributed by atoms with Crippen molar-refractivity contribution in [1.29, 1.82) is 5.26 Å². The molecular weight excluding hydrogens is 274 g/mol. The number of rotatable bonds is 6. The lowest BCUT2D eigenvalue weighted by Crippen LogP contribution is -2.25. The van der Waals surface area contributed by atoms with Gasteiger partial charge in [-0.05, 0) is 45.0 Å². The van der Waals surface area contributed by atoms with Gasteiger partial charge in [-0.3, -0.25) is 4.79 Å². The van der Waals surface area contributed by atoms with E-state index in [0.717, 1.165) is 5.75 Å². The predicted molar refractivity (Wildman–Crippen MR) is 79.8 cm³/mol. The first kappa shape index (κ1) is 16.4. The number of hydrogen-bond donors (Lipinski definition) is 0. The van der Waals surface area contributed by atoms with Crippen molar-refractivity contribution in [1.82, 2.24) is 0 Å². The van der Waals surface area contributed by atoms with Gasteiger partial charge in [0.25, 0.3) is 0 Å². The first-order valence-corrected chi connectivity index (χ1v) is 7.49. The maximum Gasteiger partial charge on any atom is 0.316 e. The molecule has 0 spiro atoms. The molecule has 0 heterocycles. The largest absolute Gasteiger partial charge is 0.493 e. The zero-order valence-electron chi connectivity index (χ0n) is 12.0. The van der Waals surface area contributed by atoms with Crippen LogP contribution >= 0.6 is 11.8 Å². The highest BCUT2D eigenvalue weighted by Crippen LogP contribution is 2.13. The third-order valence-corrected chi connectivity index (χ3v) is 3.01. The third kappa shape index (κ3) is 7.05. The number of carbonyl (C=O) groups excluding carboxylic acids is 1. The molecular formula is C15H19NO3S. The molecule has 0 N–H and O–H groups in total. The summed E-state index contributed by atoms with van der Waals surface area (Å²) in [5.74, 6) is 1.55. The summed E-state index contributed by atoms with van der Waals surface area (Å²) in [5.41, 5.74) is 0.174. The summed E-state index contributed by atoms with van der Waals surface area (Å²) in [5, 5.41) is 8.67. The Hall–Kier alpha value is -1.67. The Morgan fingerprint density at radius 1 is 1.30 bits per heavy atom. The average Bonchev–Trinajstić information content (AvgIpc) is 2.37. The fraction of sp³-hybridized carbons (Fsp3) is 0.467. The number of esters is 1. The highest BCUT2D eigenvalue weighted by Gasteiger charge is 2.15. The number of nitriles is 1. The normalized spacial score (nSPS) is 10.7. The SMILES string of the molecule is CC(C)(C)OC(=O)CSCCOc1ccc(C#N)cc1. The van der Waals surface area contributed by atoms with E-state index < -0.39 is 5.60 Å². The molecule has 1 aromatic carbocycles. The number of benzene rings is 1. The van der Waals surface area contributed by atoms with E-state index in [1.54, 1.807) is 24.3 Å². The van der Waals surface area contributed by atoms with Gasteiger partial charge in [0, 0.05) is 5.75 Å². The summed E-state index contributed by atoms with van der Waals surface area (Å²) < 4.78 is 10.7. The molecule has 1 rings (SSSR count). The number of carbonyl (C=O) groups is 1. The van der Waals surface area contributed by atoms with Crippen LogP contribution in [0.25, 0.3) is 0 Å². The summed E-state index contributed by atoms with van der Waals surface area (Å²) in [7, 11) is 0. The second-order valence-electron chi connectivity index (χ2n) is 5.12. The second-order valence-corrected chi connectivity index (χ2v) is 6.23. The smallest absolute Gasteiger partial charge is 0.316 e. The van der Waals surface area contributed by atoms with Crippen molar-refractivity contribution in [3.63, 3.8) is 0 Å². The summed E-state index contributed by atoms with van der Waals surface area (Å²) in [4.78, 5) is 11.4. The highest BCUT2D eigenvalue weighted by molar-refractivity contribution is 7.99. The molecule has 0 aliphatic carbocycles. The van der Waals surface area contributed by atoms with Crippen molar-refractivity contribution in [2.75, 3.05) is 18.1 Å². The highest BCUT2D eigenvalue weighted by atomic mass is 32.2. The molecule has 0 saturated carbocycles. The lowest BCUT2D eigenvalue weighted by molar-refractivity contribution is -0.151. The molecule has 0 aromatic heterocycles. The molecule has 0 radical (unpaired) electrons. The van der Waals surface area contributed by atoms with Gasteiger partial charge < -0.3 is 9.47 Å². The summed E-state index contributed by atoms with van der Waals surface area (Å²) in [6, 6.07) is 9.00. The zero-order valence-corrected chi connectivity index (χ0v) is 12.8. The van der Waals surface area contributed by atoms with Gasteiger partial charge in [-0.2, -0.15) is 5.26 Å². The van der Waals surface area contributed by atoms with Crippen molar-refractivity contribution in [2.45, 2.75) is 26.4 Å². The Morgan fingerprint density at radius 2 is 1.95 bits per heavy atom. The van der Waals surface area contributed by atoms with Crippen LogP contribution in [0.15, 0.2) is 24.3 Å². The van der Waals surface area contributed by atoms with Gasteiger partial charge in [-0.25, -0.2) is 0 Å². The van der Waals surface area contributed by atoms with Crippen LogP contribution in [-0.4, -0.2) is 29.7 Å². The van der Waals surface area contributed by atoms with Gasteiger partial charge in [0.1, 0.15) is 11.4 Å². The first-order valence-electron chi connectivity index (χ1n) is 6.33. The van der Waals surface area contributed by atoms with E-state index in [9.17, 15) is 4.79 Å². The van der Waals surface area contributed by atoms with Crippen LogP contribution in [0.4, 0.5) is 0 Å². The predicted octanol–water partition coefficient (Wildman–Crippen LogP) is 3.01. The van der Waals surface area contributed by atoms with Gasteiger partial charge in [0.2, 0.25) is 0 Å². The maximum absolute atomic E-state index is 11.4. The zero-order chi connectivity index (χ0) is 15.0. The standard InChI is InChI=1S/C15H19NO3S/c1-15(2,3)19-14(17)11-20-9-8-18-13-6-4-12(10-16)5-7-13/h4-7H,8-9,11H2,1-3H3. The Balaban J connectivity index is 2.16. The van der Waals surface area contributed by atoms with Crippen LogP contribution in [0.5, 0.6) is 5.75 Å². The monoisotopic (exact) mass is 293 g/mol. The Morgan fingerprint density at radius 3 is 2.50 bits per heavy atom. The van der Waals surface area contributed by atoms with Crippen molar-refractivity contribution in [2.24, 2.45) is 0 Å². The molecule has 0 saturated heterocycles. The van der Waals surface area contributed by atoms with E-state index in [4.69, 9.17) is 14.7 Å². The minimum absolute atomic E-state index is 0.208. The van der Waals surface area contributed by atoms with Crippen LogP contribution < -0.4 is 4.74 Å². The van der Waals surface area contributed by atoms with Crippen LogP contribution in [0, 0.1) is 11.3 Å². The molecule has 0 aliphatic rings. The third-order valence-electron chi connectivity index (χ3n) is 2.12. The number of thioether (sulfide) groups is 1. The van der Waals surface area contributed by atoms with E-state index in [1.807, 2.05) is 20.8 Å². The van der Waals surface area contributed by atoms with Crippen LogP contribution in [0.1, 0.15) is 26.3 Å². The molecule has 1 aromatic rings. The summed E-state index contributed by atoms with van der Waals surface area (Å²) in [6.07, 6.45) is 0. The number of nitrogens with zero attached hydrogens (tertiary/aromatic N) is 1. The Labute approximate surface area is 124 Å². The molecule has 0 fully saturated rings.